The maximum absolute atomic E-state index is 12.6. The lowest BCUT2D eigenvalue weighted by Crippen LogP contribution is -2.38. The van der Waals surface area contributed by atoms with Crippen molar-refractivity contribution in [3.8, 4) is 0 Å². The summed E-state index contributed by atoms with van der Waals surface area (Å²) in [4.78, 5) is 45.0. The van der Waals surface area contributed by atoms with Gasteiger partial charge in [-0.2, -0.15) is 13.9 Å². The minimum absolute atomic E-state index is 0.00816. The molecule has 34 heavy (non-hydrogen) atoms. The van der Waals surface area contributed by atoms with E-state index < -0.39 is 22.2 Å². The first-order valence-electron chi connectivity index (χ1n) is 12.9. The third-order valence-electron chi connectivity index (χ3n) is 5.24. The fraction of sp³-hybridized carbons (Fsp3) is 1.00. The van der Waals surface area contributed by atoms with E-state index in [0.29, 0.717) is 24.1 Å². The lowest BCUT2D eigenvalue weighted by atomic mass is 10.1. The second kappa shape index (κ2) is 19.6. The number of likely N-dealkylation sites (N-methyl/N-ethyl adjacent to an activating group) is 1. The molecule has 0 saturated carbocycles. The van der Waals surface area contributed by atoms with E-state index >= 15 is 0 Å². The molecule has 0 aromatic rings. The highest BCUT2D eigenvalue weighted by Gasteiger charge is 2.35. The summed E-state index contributed by atoms with van der Waals surface area (Å²) in [5.74, 6) is 0. The number of hydrogen-bond donors (Lipinski definition) is 2. The smallest absolute Gasteiger partial charge is 0.377 e. The van der Waals surface area contributed by atoms with Gasteiger partial charge in [0.1, 0.15) is 25.9 Å². The molecule has 0 bridgehead atoms. The first kappa shape index (κ1) is 34.5. The van der Waals surface area contributed by atoms with E-state index in [9.17, 15) is 19.6 Å². The highest BCUT2D eigenvalue weighted by Crippen LogP contribution is 2.51. The fourth-order valence-electron chi connectivity index (χ4n) is 3.15. The third-order valence-corrected chi connectivity index (χ3v) is 7.74. The monoisotopic (exact) mass is 532 g/mol. The predicted molar refractivity (Wildman–Crippen MR) is 136 cm³/mol. The predicted octanol–water partition coefficient (Wildman–Crippen LogP) is 3.60. The van der Waals surface area contributed by atoms with Crippen molar-refractivity contribution in [2.75, 3.05) is 60.3 Å². The van der Waals surface area contributed by atoms with Gasteiger partial charge in [-0.1, -0.05) is 65.2 Å². The maximum atomic E-state index is 12.6. The van der Waals surface area contributed by atoms with Gasteiger partial charge in [0.05, 0.1) is 27.7 Å². The molecule has 0 aromatic carbocycles. The molecule has 206 valence electrons. The Morgan fingerprint density at radius 2 is 1.29 bits per heavy atom. The van der Waals surface area contributed by atoms with Gasteiger partial charge < -0.3 is 19.0 Å². The van der Waals surface area contributed by atoms with Crippen molar-refractivity contribution in [3.63, 3.8) is 0 Å². The van der Waals surface area contributed by atoms with Gasteiger partial charge in [0.25, 0.3) is 0 Å². The van der Waals surface area contributed by atoms with Crippen LogP contribution in [0, 0.1) is 0 Å². The molecule has 0 aliphatic carbocycles. The van der Waals surface area contributed by atoms with Crippen LogP contribution in [0.2, 0.25) is 0 Å². The van der Waals surface area contributed by atoms with Crippen LogP contribution in [0.4, 0.5) is 0 Å². The van der Waals surface area contributed by atoms with Crippen LogP contribution in [0.5, 0.6) is 0 Å². The van der Waals surface area contributed by atoms with Crippen molar-refractivity contribution in [2.45, 2.75) is 90.6 Å². The van der Waals surface area contributed by atoms with Crippen LogP contribution in [0.25, 0.3) is 0 Å². The number of unbranched alkanes of at least 4 members (excludes halogenated alkanes) is 9. The molecule has 0 amide bonds. The standard InChI is InChI=1S/C23H51NO8P2/c1-6-8-10-12-13-15-18-29-21-23(32-33(25,26)20-16-14-11-9-7-2)22-31-34(27,28)30-19-17-24(3,4)5/h23H,6-22H2,1-5H3,(H-,25,26,27,28)/p+1/t23-/m1/s1. The van der Waals surface area contributed by atoms with Crippen LogP contribution in [-0.2, 0) is 18.3 Å². The van der Waals surface area contributed by atoms with Gasteiger partial charge in [-0.05, 0) is 19.3 Å². The van der Waals surface area contributed by atoms with Gasteiger partial charge in [0.2, 0.25) is 7.94 Å². The molecule has 0 aliphatic heterocycles. The van der Waals surface area contributed by atoms with Crippen LogP contribution in [0.3, 0.4) is 0 Å². The van der Waals surface area contributed by atoms with Crippen molar-refractivity contribution >= 4 is 16.1 Å². The Morgan fingerprint density at radius 1 is 0.735 bits per heavy atom. The van der Waals surface area contributed by atoms with Crippen LogP contribution >= 0.6 is 16.1 Å². The summed E-state index contributed by atoms with van der Waals surface area (Å²) >= 11 is 0. The quantitative estimate of drug-likeness (QED) is 0.110. The Morgan fingerprint density at radius 3 is 1.88 bits per heavy atom. The Bertz CT molecular complexity index is 478. The van der Waals surface area contributed by atoms with Crippen molar-refractivity contribution in [1.29, 1.82) is 0 Å². The van der Waals surface area contributed by atoms with E-state index in [-0.39, 0.29) is 26.0 Å². The molecule has 3 atom stereocenters. The lowest BCUT2D eigenvalue weighted by Gasteiger charge is -2.28. The summed E-state index contributed by atoms with van der Waals surface area (Å²) in [6.07, 6.45) is 10.5. The molecule has 2 N–H and O–H groups in total. The van der Waals surface area contributed by atoms with Crippen molar-refractivity contribution in [1.82, 2.24) is 0 Å². The molecule has 0 radical (unpaired) electrons. The number of ether oxygens (including phenoxy) is 1. The molecule has 0 fully saturated rings. The number of phosphoric ester groups is 1. The molecular weight excluding hydrogens is 480 g/mol. The molecule has 2 unspecified atom stereocenters. The minimum Gasteiger partial charge on any atom is -0.632 e. The van der Waals surface area contributed by atoms with Crippen molar-refractivity contribution in [3.05, 3.63) is 0 Å². The second-order valence-electron chi connectivity index (χ2n) is 9.96. The van der Waals surface area contributed by atoms with E-state index in [1.165, 1.54) is 19.3 Å². The average Bonchev–Trinajstić information content (AvgIpc) is 2.72. The van der Waals surface area contributed by atoms with Crippen LogP contribution in [0.1, 0.15) is 84.5 Å². The van der Waals surface area contributed by atoms with Gasteiger partial charge in [-0.3, -0.25) is 0 Å². The first-order chi connectivity index (χ1) is 15.9. The van der Waals surface area contributed by atoms with E-state index in [1.807, 2.05) is 21.1 Å². The Hall–Kier alpha value is 0.500. The molecule has 0 rings (SSSR count). The molecule has 0 aliphatic rings. The maximum Gasteiger partial charge on any atom is 0.377 e. The number of hydrogen-bond acceptors (Lipinski definition) is 8. The van der Waals surface area contributed by atoms with Crippen molar-refractivity contribution in [2.24, 2.45) is 0 Å². The highest BCUT2D eigenvalue weighted by molar-refractivity contribution is 7.58. The van der Waals surface area contributed by atoms with Crippen LogP contribution < -0.4 is 9.79 Å². The minimum atomic E-state index is -4.31. The normalized spacial score (nSPS) is 16.9. The van der Waals surface area contributed by atoms with Gasteiger partial charge in [0, 0.05) is 6.61 Å². The molecule has 0 spiro atoms. The highest BCUT2D eigenvalue weighted by atomic mass is 31.2. The Kier molecular flexibility index (Phi) is 19.9. The summed E-state index contributed by atoms with van der Waals surface area (Å²) < 4.78 is 21.7. The Balaban J connectivity index is 4.60. The van der Waals surface area contributed by atoms with Gasteiger partial charge in [0.15, 0.2) is 6.10 Å². The number of phosphoric acid groups is 1. The number of rotatable bonds is 24. The van der Waals surface area contributed by atoms with Gasteiger partial charge in [-0.15, -0.1) is 0 Å². The molecule has 0 saturated heterocycles. The largest absolute Gasteiger partial charge is 0.632 e. The van der Waals surface area contributed by atoms with E-state index in [1.54, 1.807) is 0 Å². The summed E-state index contributed by atoms with van der Waals surface area (Å²) in [5, 5.41) is 0. The number of quaternary nitrogens is 1. The fourth-order valence-corrected chi connectivity index (χ4v) is 5.21. The average molecular weight is 533 g/mol. The Labute approximate surface area is 209 Å². The second-order valence-corrected chi connectivity index (χ2v) is 13.3. The van der Waals surface area contributed by atoms with E-state index in [0.717, 1.165) is 44.9 Å². The van der Waals surface area contributed by atoms with E-state index in [2.05, 4.69) is 13.8 Å². The third kappa shape index (κ3) is 22.9. The first-order valence-corrected chi connectivity index (χ1v) is 16.2. The summed E-state index contributed by atoms with van der Waals surface area (Å²) in [5.41, 5.74) is 0. The molecule has 9 nitrogen and oxygen atoms in total. The zero-order valence-corrected chi connectivity index (χ0v) is 24.1. The van der Waals surface area contributed by atoms with Gasteiger partial charge >= 0.3 is 8.17 Å². The zero-order valence-electron chi connectivity index (χ0n) is 22.3. The molecule has 0 aromatic heterocycles. The van der Waals surface area contributed by atoms with Crippen LogP contribution in [0.15, 0.2) is 0 Å². The van der Waals surface area contributed by atoms with Crippen LogP contribution in [-0.4, -0.2) is 80.7 Å². The number of nitrogens with zero attached hydrogens (tertiary/aromatic N) is 1. The molecule has 0 heterocycles. The summed E-state index contributed by atoms with van der Waals surface area (Å²) in [7, 11) is -2.35. The molecule has 11 heteroatoms. The van der Waals surface area contributed by atoms with Crippen molar-refractivity contribution < 1.29 is 42.4 Å². The lowest BCUT2D eigenvalue weighted by molar-refractivity contribution is -0.870. The molecular formula is C23H52NO8P2+. The summed E-state index contributed by atoms with van der Waals surface area (Å²) in [6, 6.07) is 0. The van der Waals surface area contributed by atoms with Gasteiger partial charge in [-0.25, -0.2) is 9.42 Å². The van der Waals surface area contributed by atoms with E-state index in [4.69, 9.17) is 18.3 Å². The topological polar surface area (TPSA) is 124 Å². The zero-order chi connectivity index (χ0) is 25.9. The summed E-state index contributed by atoms with van der Waals surface area (Å²) in [6.45, 7) is 5.00. The SMILES string of the molecule is CCCCCCCCOC[C@H](CO[P+]([O-])(O)OCC[N+](C)(C)C)O[P+]([O-])(O)CCCCCCC.